The highest BCUT2D eigenvalue weighted by Gasteiger charge is 2.46. The first-order valence-electron chi connectivity index (χ1n) is 6.95. The Hall–Kier alpha value is -1.06. The second-order valence-corrected chi connectivity index (χ2v) is 4.73. The van der Waals surface area contributed by atoms with Crippen LogP contribution in [0.15, 0.2) is 0 Å². The second-order valence-electron chi connectivity index (χ2n) is 4.73. The van der Waals surface area contributed by atoms with Crippen molar-refractivity contribution in [2.75, 3.05) is 6.61 Å². The third kappa shape index (κ3) is 4.67. The van der Waals surface area contributed by atoms with Crippen LogP contribution in [0.4, 0.5) is 0 Å². The van der Waals surface area contributed by atoms with Gasteiger partial charge in [-0.2, -0.15) is 0 Å². The zero-order valence-electron chi connectivity index (χ0n) is 11.8. The third-order valence-corrected chi connectivity index (χ3v) is 3.17. The zero-order chi connectivity index (χ0) is 14.0. The van der Waals surface area contributed by atoms with E-state index in [4.69, 9.17) is 4.74 Å². The van der Waals surface area contributed by atoms with Crippen molar-refractivity contribution >= 4 is 11.9 Å². The van der Waals surface area contributed by atoms with Crippen molar-refractivity contribution in [2.24, 2.45) is 5.41 Å². The maximum atomic E-state index is 12.1. The van der Waals surface area contributed by atoms with Crippen molar-refractivity contribution in [3.8, 4) is 0 Å². The summed E-state index contributed by atoms with van der Waals surface area (Å²) >= 11 is 0. The number of hydrogen-bond donors (Lipinski definition) is 1. The van der Waals surface area contributed by atoms with E-state index in [1.54, 1.807) is 0 Å². The van der Waals surface area contributed by atoms with Gasteiger partial charge in [-0.15, -0.1) is 0 Å². The quantitative estimate of drug-likeness (QED) is 0.370. The lowest BCUT2D eigenvalue weighted by atomic mass is 9.79. The van der Waals surface area contributed by atoms with E-state index in [1.165, 1.54) is 0 Å². The van der Waals surface area contributed by atoms with Gasteiger partial charge < -0.3 is 9.84 Å². The molecule has 0 radical (unpaired) electrons. The van der Waals surface area contributed by atoms with Crippen LogP contribution in [0.5, 0.6) is 0 Å². The van der Waals surface area contributed by atoms with E-state index < -0.39 is 17.4 Å². The van der Waals surface area contributed by atoms with Crippen LogP contribution in [0.1, 0.15) is 65.7 Å². The van der Waals surface area contributed by atoms with Gasteiger partial charge in [0.15, 0.2) is 5.41 Å². The fraction of sp³-hybridized carbons (Fsp3) is 0.857. The molecule has 1 unspecified atom stereocenters. The smallest absolute Gasteiger partial charge is 0.323 e. The molecule has 1 N–H and O–H groups in total. The van der Waals surface area contributed by atoms with Gasteiger partial charge in [-0.25, -0.2) is 0 Å². The van der Waals surface area contributed by atoms with Crippen molar-refractivity contribution in [3.63, 3.8) is 0 Å². The van der Waals surface area contributed by atoms with Crippen molar-refractivity contribution in [3.05, 3.63) is 0 Å². The lowest BCUT2D eigenvalue weighted by molar-refractivity contribution is -0.170. The van der Waals surface area contributed by atoms with E-state index in [0.29, 0.717) is 25.9 Å². The molecule has 0 aliphatic heterocycles. The number of carboxylic acids is 1. The van der Waals surface area contributed by atoms with Gasteiger partial charge in [0, 0.05) is 0 Å². The minimum absolute atomic E-state index is 0.320. The molecular weight excluding hydrogens is 232 g/mol. The van der Waals surface area contributed by atoms with Crippen molar-refractivity contribution in [1.29, 1.82) is 0 Å². The fourth-order valence-corrected chi connectivity index (χ4v) is 1.98. The summed E-state index contributed by atoms with van der Waals surface area (Å²) in [6, 6.07) is 0. The molecule has 0 aromatic heterocycles. The number of carboxylic acid groups (broad SMARTS) is 1. The highest BCUT2D eigenvalue weighted by molar-refractivity contribution is 5.99. The maximum Gasteiger partial charge on any atom is 0.323 e. The Morgan fingerprint density at radius 3 is 2.06 bits per heavy atom. The van der Waals surface area contributed by atoms with Gasteiger partial charge in [0.1, 0.15) is 0 Å². The van der Waals surface area contributed by atoms with E-state index in [2.05, 4.69) is 0 Å². The summed E-state index contributed by atoms with van der Waals surface area (Å²) in [5.41, 5.74) is -1.33. The van der Waals surface area contributed by atoms with E-state index >= 15 is 0 Å². The van der Waals surface area contributed by atoms with Gasteiger partial charge >= 0.3 is 11.9 Å². The van der Waals surface area contributed by atoms with Crippen molar-refractivity contribution in [1.82, 2.24) is 0 Å². The Balaban J connectivity index is 4.78. The standard InChI is InChI=1S/C14H26O4/c1-4-7-10-14(9-6-3,12(15)16)13(17)18-11-8-5-2/h4-11H2,1-3H3,(H,15,16). The zero-order valence-corrected chi connectivity index (χ0v) is 11.8. The molecule has 106 valence electrons. The lowest BCUT2D eigenvalue weighted by Crippen LogP contribution is -2.41. The topological polar surface area (TPSA) is 63.6 Å². The Labute approximate surface area is 110 Å². The molecule has 18 heavy (non-hydrogen) atoms. The molecule has 0 rings (SSSR count). The van der Waals surface area contributed by atoms with Crippen LogP contribution in [-0.4, -0.2) is 23.7 Å². The Morgan fingerprint density at radius 1 is 1.00 bits per heavy atom. The molecule has 0 aromatic rings. The first-order chi connectivity index (χ1) is 8.55. The number of unbranched alkanes of at least 4 members (excludes halogenated alkanes) is 2. The predicted molar refractivity (Wildman–Crippen MR) is 70.4 cm³/mol. The monoisotopic (exact) mass is 258 g/mol. The van der Waals surface area contributed by atoms with E-state index in [9.17, 15) is 14.7 Å². The first kappa shape index (κ1) is 16.9. The van der Waals surface area contributed by atoms with Gasteiger partial charge in [-0.3, -0.25) is 9.59 Å². The number of carbonyl (C=O) groups is 2. The van der Waals surface area contributed by atoms with Gasteiger partial charge in [-0.1, -0.05) is 46.5 Å². The van der Waals surface area contributed by atoms with Crippen LogP contribution in [0, 0.1) is 5.41 Å². The molecule has 0 bridgehead atoms. The Bertz CT molecular complexity index is 263. The summed E-state index contributed by atoms with van der Waals surface area (Å²) < 4.78 is 5.14. The largest absolute Gasteiger partial charge is 0.480 e. The van der Waals surface area contributed by atoms with Crippen molar-refractivity contribution in [2.45, 2.75) is 65.7 Å². The molecule has 0 aromatic carbocycles. The molecule has 0 spiro atoms. The number of ether oxygens (including phenoxy) is 1. The molecule has 1 atom stereocenters. The number of esters is 1. The van der Waals surface area contributed by atoms with E-state index in [0.717, 1.165) is 25.7 Å². The molecule has 0 saturated heterocycles. The number of carbonyl (C=O) groups excluding carboxylic acids is 1. The Kier molecular flexibility index (Phi) is 8.42. The highest BCUT2D eigenvalue weighted by atomic mass is 16.5. The summed E-state index contributed by atoms with van der Waals surface area (Å²) in [4.78, 5) is 23.6. The highest BCUT2D eigenvalue weighted by Crippen LogP contribution is 2.32. The molecular formula is C14H26O4. The minimum Gasteiger partial charge on any atom is -0.480 e. The summed E-state index contributed by atoms with van der Waals surface area (Å²) in [7, 11) is 0. The van der Waals surface area contributed by atoms with E-state index in [1.807, 2.05) is 20.8 Å². The second kappa shape index (κ2) is 8.95. The van der Waals surface area contributed by atoms with Crippen molar-refractivity contribution < 1.29 is 19.4 Å². The summed E-state index contributed by atoms with van der Waals surface area (Å²) in [5.74, 6) is -1.60. The van der Waals surface area contributed by atoms with Crippen LogP contribution in [0.25, 0.3) is 0 Å². The molecule has 0 fully saturated rings. The molecule has 4 nitrogen and oxygen atoms in total. The van der Waals surface area contributed by atoms with Gasteiger partial charge in [-0.05, 0) is 19.3 Å². The first-order valence-corrected chi connectivity index (χ1v) is 6.95. The van der Waals surface area contributed by atoms with Gasteiger partial charge in [0.2, 0.25) is 0 Å². The lowest BCUT2D eigenvalue weighted by Gasteiger charge is -2.26. The van der Waals surface area contributed by atoms with Crippen LogP contribution in [0.2, 0.25) is 0 Å². The van der Waals surface area contributed by atoms with Crippen LogP contribution >= 0.6 is 0 Å². The number of rotatable bonds is 10. The average molecular weight is 258 g/mol. The van der Waals surface area contributed by atoms with Crippen LogP contribution in [0.3, 0.4) is 0 Å². The molecule has 0 aliphatic rings. The predicted octanol–water partition coefficient (Wildman–Crippen LogP) is 3.39. The molecule has 0 amide bonds. The van der Waals surface area contributed by atoms with Gasteiger partial charge in [0.05, 0.1) is 6.61 Å². The minimum atomic E-state index is -1.33. The maximum absolute atomic E-state index is 12.1. The molecule has 0 aliphatic carbocycles. The Morgan fingerprint density at radius 2 is 1.61 bits per heavy atom. The number of hydrogen-bond acceptors (Lipinski definition) is 3. The third-order valence-electron chi connectivity index (χ3n) is 3.17. The summed E-state index contributed by atoms with van der Waals surface area (Å²) in [5, 5.41) is 9.41. The van der Waals surface area contributed by atoms with Gasteiger partial charge in [0.25, 0.3) is 0 Å². The fourth-order valence-electron chi connectivity index (χ4n) is 1.98. The van der Waals surface area contributed by atoms with E-state index in [-0.39, 0.29) is 0 Å². The molecule has 0 heterocycles. The molecule has 0 saturated carbocycles. The average Bonchev–Trinajstić information content (AvgIpc) is 2.34. The van der Waals surface area contributed by atoms with Crippen LogP contribution in [-0.2, 0) is 14.3 Å². The van der Waals surface area contributed by atoms with Crippen LogP contribution < -0.4 is 0 Å². The normalized spacial score (nSPS) is 13.9. The number of aliphatic carboxylic acids is 1. The SMILES string of the molecule is CCCCOC(=O)C(CCC)(CCCC)C(=O)O. The summed E-state index contributed by atoms with van der Waals surface area (Å²) in [6.45, 7) is 6.20. The molecule has 4 heteroatoms. The summed E-state index contributed by atoms with van der Waals surface area (Å²) in [6.07, 6.45) is 4.71.